The van der Waals surface area contributed by atoms with Crippen LogP contribution in [0.15, 0.2) is 42.5 Å². The zero-order chi connectivity index (χ0) is 22.1. The Labute approximate surface area is 165 Å². The zero-order valence-electron chi connectivity index (χ0n) is 17.7. The molecule has 0 spiro atoms. The summed E-state index contributed by atoms with van der Waals surface area (Å²) < 4.78 is 23.0. The number of aromatic nitrogens is 1. The number of para-hydroxylation sites is 1. The molecule has 3 N–H and O–H groups in total. The van der Waals surface area contributed by atoms with Gasteiger partial charge in [0.15, 0.2) is 11.5 Å². The van der Waals surface area contributed by atoms with Gasteiger partial charge in [-0.1, -0.05) is 24.3 Å². The molecule has 3 aromatic rings. The molecule has 5 rings (SSSR count). The predicted molar refractivity (Wildman–Crippen MR) is 102 cm³/mol. The number of hydrogen-bond donors (Lipinski definition) is 3. The van der Waals surface area contributed by atoms with Gasteiger partial charge in [0.2, 0.25) is 11.8 Å². The lowest BCUT2D eigenvalue weighted by Gasteiger charge is -2.46. The van der Waals surface area contributed by atoms with E-state index in [0.717, 1.165) is 16.5 Å². The quantitative estimate of drug-likeness (QED) is 0.562. The minimum atomic E-state index is -2.72. The standard InChI is InChI=1S/C21H19N3O4/c1-23-10-18(27)24-15(21(23)28)9-13-12-4-2-3-5-14(12)22-19(13)20(24)11-6-7-16(25)17(26)8-11/h2-8,15,20,22,25-26H,9-10H2,1H3/t15-,20+/m1/s1/i1D3. The van der Waals surface area contributed by atoms with Crippen LogP contribution < -0.4 is 0 Å². The van der Waals surface area contributed by atoms with Crippen molar-refractivity contribution in [1.29, 1.82) is 0 Å². The first-order chi connectivity index (χ1) is 14.7. The Kier molecular flexibility index (Phi) is 2.81. The highest BCUT2D eigenvalue weighted by Gasteiger charge is 2.47. The summed E-state index contributed by atoms with van der Waals surface area (Å²) in [5, 5.41) is 20.7. The molecule has 2 aliphatic heterocycles. The van der Waals surface area contributed by atoms with Gasteiger partial charge in [-0.05, 0) is 29.3 Å². The van der Waals surface area contributed by atoms with Gasteiger partial charge in [-0.25, -0.2) is 0 Å². The minimum absolute atomic E-state index is 0.178. The van der Waals surface area contributed by atoms with Gasteiger partial charge in [0, 0.05) is 34.1 Å². The normalized spacial score (nSPS) is 23.8. The van der Waals surface area contributed by atoms with E-state index >= 15 is 0 Å². The Bertz CT molecular complexity index is 1240. The number of aromatic hydroxyl groups is 2. The second-order valence-electron chi connectivity index (χ2n) is 7.16. The van der Waals surface area contributed by atoms with Crippen molar-refractivity contribution in [3.63, 3.8) is 0 Å². The van der Waals surface area contributed by atoms with Crippen LogP contribution in [-0.2, 0) is 16.0 Å². The molecule has 0 saturated carbocycles. The maximum atomic E-state index is 13.2. The number of phenolic OH excluding ortho intramolecular Hbond substituents is 2. The van der Waals surface area contributed by atoms with Gasteiger partial charge in [0.25, 0.3) is 0 Å². The van der Waals surface area contributed by atoms with Crippen molar-refractivity contribution < 1.29 is 23.9 Å². The van der Waals surface area contributed by atoms with Crippen LogP contribution in [0.1, 0.15) is 27.0 Å². The molecule has 1 fully saturated rings. The van der Waals surface area contributed by atoms with Crippen LogP contribution in [-0.4, -0.2) is 56.4 Å². The summed E-state index contributed by atoms with van der Waals surface area (Å²) in [5.74, 6) is -1.79. The molecule has 28 heavy (non-hydrogen) atoms. The van der Waals surface area contributed by atoms with Gasteiger partial charge in [-0.15, -0.1) is 0 Å². The predicted octanol–water partition coefficient (Wildman–Crippen LogP) is 1.89. The van der Waals surface area contributed by atoms with Crippen molar-refractivity contribution in [2.45, 2.75) is 18.5 Å². The first-order valence-electron chi connectivity index (χ1n) is 10.4. The second kappa shape index (κ2) is 5.76. The highest BCUT2D eigenvalue weighted by Crippen LogP contribution is 2.43. The van der Waals surface area contributed by atoms with Gasteiger partial charge < -0.3 is 25.0 Å². The van der Waals surface area contributed by atoms with Gasteiger partial charge >= 0.3 is 0 Å². The number of phenols is 2. The molecule has 0 unspecified atom stereocenters. The van der Waals surface area contributed by atoms with E-state index in [2.05, 4.69) is 4.98 Å². The first kappa shape index (κ1) is 13.7. The van der Waals surface area contributed by atoms with Gasteiger partial charge in [0.05, 0.1) is 12.6 Å². The van der Waals surface area contributed by atoms with Crippen molar-refractivity contribution >= 4 is 22.7 Å². The summed E-state index contributed by atoms with van der Waals surface area (Å²) in [6.45, 7) is -3.27. The molecule has 2 aliphatic rings. The van der Waals surface area contributed by atoms with Crippen LogP contribution in [0.3, 0.4) is 0 Å². The Hall–Kier alpha value is -3.48. The molecule has 142 valence electrons. The van der Waals surface area contributed by atoms with E-state index in [1.54, 1.807) is 6.07 Å². The van der Waals surface area contributed by atoms with Gasteiger partial charge in [-0.2, -0.15) is 0 Å². The van der Waals surface area contributed by atoms with Crippen LogP contribution in [0.25, 0.3) is 10.9 Å². The maximum absolute atomic E-state index is 13.2. The summed E-state index contributed by atoms with van der Waals surface area (Å²) in [5.41, 5.74) is 2.85. The number of aromatic amines is 1. The van der Waals surface area contributed by atoms with E-state index in [-0.39, 0.29) is 17.9 Å². The Balaban J connectivity index is 1.73. The average Bonchev–Trinajstić information content (AvgIpc) is 3.09. The number of hydrogen-bond acceptors (Lipinski definition) is 4. The molecule has 2 aromatic carbocycles. The number of carbonyl (C=O) groups is 2. The molecule has 0 radical (unpaired) electrons. The van der Waals surface area contributed by atoms with Crippen molar-refractivity contribution in [3.8, 4) is 11.5 Å². The third kappa shape index (κ3) is 2.22. The van der Waals surface area contributed by atoms with Crippen molar-refractivity contribution in [2.24, 2.45) is 0 Å². The molecule has 1 saturated heterocycles. The molecule has 7 heteroatoms. The topological polar surface area (TPSA) is 96.9 Å². The van der Waals surface area contributed by atoms with Crippen LogP contribution in [0.2, 0.25) is 0 Å². The lowest BCUT2D eigenvalue weighted by molar-refractivity contribution is -0.157. The fourth-order valence-electron chi connectivity index (χ4n) is 4.32. The number of H-pyrrole nitrogens is 1. The average molecular weight is 380 g/mol. The smallest absolute Gasteiger partial charge is 0.245 e. The number of piperazine rings is 1. The summed E-state index contributed by atoms with van der Waals surface area (Å²) in [4.78, 5) is 31.7. The Morgan fingerprint density at radius 3 is 2.75 bits per heavy atom. The maximum Gasteiger partial charge on any atom is 0.245 e. The summed E-state index contributed by atoms with van der Waals surface area (Å²) in [7, 11) is 0. The fourth-order valence-corrected chi connectivity index (χ4v) is 4.32. The van der Waals surface area contributed by atoms with E-state index < -0.39 is 37.4 Å². The number of rotatable bonds is 1. The van der Waals surface area contributed by atoms with Gasteiger partial charge in [-0.3, -0.25) is 9.59 Å². The van der Waals surface area contributed by atoms with E-state index in [4.69, 9.17) is 4.11 Å². The molecule has 0 bridgehead atoms. The number of fused-ring (bicyclic) bond motifs is 4. The molecule has 0 aliphatic carbocycles. The largest absolute Gasteiger partial charge is 0.504 e. The fraction of sp³-hybridized carbons (Fsp3) is 0.238. The zero-order valence-corrected chi connectivity index (χ0v) is 14.7. The second-order valence-corrected chi connectivity index (χ2v) is 7.16. The highest BCUT2D eigenvalue weighted by atomic mass is 16.3. The number of nitrogens with zero attached hydrogens (tertiary/aromatic N) is 2. The molecule has 2 atom stereocenters. The monoisotopic (exact) mass is 380 g/mol. The third-order valence-electron chi connectivity index (χ3n) is 5.58. The van der Waals surface area contributed by atoms with E-state index in [9.17, 15) is 19.8 Å². The van der Waals surface area contributed by atoms with Crippen LogP contribution >= 0.6 is 0 Å². The Morgan fingerprint density at radius 1 is 1.14 bits per heavy atom. The molecule has 7 nitrogen and oxygen atoms in total. The van der Waals surface area contributed by atoms with E-state index in [0.29, 0.717) is 16.2 Å². The molecular weight excluding hydrogens is 358 g/mol. The van der Waals surface area contributed by atoms with Crippen LogP contribution in [0, 0.1) is 0 Å². The summed E-state index contributed by atoms with van der Waals surface area (Å²) in [6.07, 6.45) is 0.178. The molecular formula is C21H19N3O4. The number of benzene rings is 2. The van der Waals surface area contributed by atoms with E-state index in [1.165, 1.54) is 17.0 Å². The van der Waals surface area contributed by atoms with Crippen molar-refractivity contribution in [1.82, 2.24) is 14.8 Å². The number of amides is 2. The van der Waals surface area contributed by atoms with Crippen molar-refractivity contribution in [3.05, 3.63) is 59.3 Å². The minimum Gasteiger partial charge on any atom is -0.504 e. The van der Waals surface area contributed by atoms with E-state index in [1.807, 2.05) is 24.3 Å². The van der Waals surface area contributed by atoms with Crippen LogP contribution in [0.5, 0.6) is 11.5 Å². The summed E-state index contributed by atoms with van der Waals surface area (Å²) in [6, 6.07) is 10.0. The third-order valence-corrected chi connectivity index (χ3v) is 5.58. The first-order valence-corrected chi connectivity index (χ1v) is 8.91. The number of carbonyl (C=O) groups excluding carboxylic acids is 2. The van der Waals surface area contributed by atoms with Gasteiger partial charge in [0.1, 0.15) is 6.04 Å². The summed E-state index contributed by atoms with van der Waals surface area (Å²) >= 11 is 0. The lowest BCUT2D eigenvalue weighted by atomic mass is 9.86. The molecule has 3 heterocycles. The number of likely N-dealkylation sites (N-methyl/N-ethyl adjacent to an activating group) is 1. The SMILES string of the molecule is [2H]C([2H])([2H])N1CC(=O)N2[C@@H](c3ccc(O)c(O)c3)c3[nH]c4ccccc4c3C[C@@H]2C1=O. The number of nitrogens with one attached hydrogen (secondary N) is 1. The van der Waals surface area contributed by atoms with Crippen molar-refractivity contribution in [2.75, 3.05) is 13.5 Å². The molecule has 1 aromatic heterocycles. The highest BCUT2D eigenvalue weighted by molar-refractivity contribution is 5.97. The Morgan fingerprint density at radius 2 is 1.96 bits per heavy atom. The lowest BCUT2D eigenvalue weighted by Crippen LogP contribution is -2.62. The molecule has 2 amide bonds. The van der Waals surface area contributed by atoms with Crippen LogP contribution in [0.4, 0.5) is 0 Å².